The van der Waals surface area contributed by atoms with Gasteiger partial charge in [-0.2, -0.15) is 0 Å². The first kappa shape index (κ1) is 15.7. The molecular weight excluding hydrogens is 294 g/mol. The number of nitrogens with one attached hydrogen (secondary N) is 1. The van der Waals surface area contributed by atoms with Crippen molar-refractivity contribution in [3.63, 3.8) is 0 Å². The van der Waals surface area contributed by atoms with Gasteiger partial charge in [0.1, 0.15) is 5.58 Å². The molecule has 2 rings (SSSR count). The van der Waals surface area contributed by atoms with Gasteiger partial charge in [-0.3, -0.25) is 0 Å². The van der Waals surface area contributed by atoms with Crippen molar-refractivity contribution in [2.24, 2.45) is 0 Å². The van der Waals surface area contributed by atoms with E-state index in [0.717, 1.165) is 0 Å². The van der Waals surface area contributed by atoms with Crippen molar-refractivity contribution < 1.29 is 17.9 Å². The first-order valence-corrected chi connectivity index (χ1v) is 8.08. The van der Waals surface area contributed by atoms with E-state index < -0.39 is 21.8 Å². The van der Waals surface area contributed by atoms with E-state index in [-0.39, 0.29) is 11.4 Å². The van der Waals surface area contributed by atoms with Gasteiger partial charge in [-0.1, -0.05) is 0 Å². The Hall–Kier alpha value is -1.70. The number of rotatable bonds is 6. The van der Waals surface area contributed by atoms with Crippen LogP contribution in [0.25, 0.3) is 11.0 Å². The highest BCUT2D eigenvalue weighted by Crippen LogP contribution is 2.17. The van der Waals surface area contributed by atoms with E-state index in [4.69, 9.17) is 9.52 Å². The predicted molar refractivity (Wildman–Crippen MR) is 78.6 cm³/mol. The summed E-state index contributed by atoms with van der Waals surface area (Å²) in [5.41, 5.74) is -0.134. The molecule has 2 N–H and O–H groups in total. The molecule has 0 radical (unpaired) electrons. The quantitative estimate of drug-likeness (QED) is 0.618. The highest BCUT2D eigenvalue weighted by Gasteiger charge is 2.14. The minimum atomic E-state index is -3.61. The van der Waals surface area contributed by atoms with Crippen molar-refractivity contribution >= 4 is 21.0 Å². The van der Waals surface area contributed by atoms with Crippen LogP contribution in [0.3, 0.4) is 0 Å². The maximum atomic E-state index is 12.1. The van der Waals surface area contributed by atoms with Gasteiger partial charge in [-0.05, 0) is 44.0 Å². The Balaban J connectivity index is 2.16. The maximum Gasteiger partial charge on any atom is 0.336 e. The van der Waals surface area contributed by atoms with Crippen molar-refractivity contribution in [2.45, 2.75) is 30.8 Å². The molecule has 0 bridgehead atoms. The highest BCUT2D eigenvalue weighted by atomic mass is 32.2. The van der Waals surface area contributed by atoms with Crippen LogP contribution in [0.4, 0.5) is 0 Å². The third-order valence-corrected chi connectivity index (χ3v) is 4.45. The Labute approximate surface area is 122 Å². The summed E-state index contributed by atoms with van der Waals surface area (Å²) in [5, 5.41) is 9.67. The first-order valence-electron chi connectivity index (χ1n) is 6.60. The predicted octanol–water partition coefficient (Wildman–Crippen LogP) is 1.23. The lowest BCUT2D eigenvalue weighted by atomic mass is 10.2. The molecule has 6 nitrogen and oxygen atoms in total. The zero-order valence-electron chi connectivity index (χ0n) is 11.6. The van der Waals surface area contributed by atoms with E-state index in [1.54, 1.807) is 6.92 Å². The van der Waals surface area contributed by atoms with Gasteiger partial charge in [0, 0.05) is 18.0 Å². The second kappa shape index (κ2) is 6.38. The van der Waals surface area contributed by atoms with Gasteiger partial charge in [0.15, 0.2) is 0 Å². The smallest absolute Gasteiger partial charge is 0.336 e. The van der Waals surface area contributed by atoms with Crippen LogP contribution in [0.15, 0.2) is 44.4 Å². The Bertz CT molecular complexity index is 779. The lowest BCUT2D eigenvalue weighted by Crippen LogP contribution is -2.25. The van der Waals surface area contributed by atoms with E-state index in [0.29, 0.717) is 23.8 Å². The SMILES string of the molecule is CC(O)CCCNS(=O)(=O)c1ccc2oc(=O)ccc2c1. The molecule has 1 aromatic heterocycles. The number of hydrogen-bond donors (Lipinski definition) is 2. The molecule has 1 atom stereocenters. The van der Waals surface area contributed by atoms with Crippen molar-refractivity contribution in [3.8, 4) is 0 Å². The Kier molecular flexibility index (Phi) is 4.76. The van der Waals surface area contributed by atoms with Crippen LogP contribution in [0, 0.1) is 0 Å². The molecule has 0 aliphatic carbocycles. The van der Waals surface area contributed by atoms with Gasteiger partial charge in [0.2, 0.25) is 10.0 Å². The summed E-state index contributed by atoms with van der Waals surface area (Å²) >= 11 is 0. The summed E-state index contributed by atoms with van der Waals surface area (Å²) < 4.78 is 31.7. The molecule has 0 saturated carbocycles. The fourth-order valence-corrected chi connectivity index (χ4v) is 3.01. The Morgan fingerprint density at radius 3 is 2.76 bits per heavy atom. The number of fused-ring (bicyclic) bond motifs is 1. The number of aliphatic hydroxyl groups excluding tert-OH is 1. The van der Waals surface area contributed by atoms with Crippen LogP contribution in [-0.2, 0) is 10.0 Å². The van der Waals surface area contributed by atoms with E-state index in [1.165, 1.54) is 30.3 Å². The average Bonchev–Trinajstić information content (AvgIpc) is 2.43. The largest absolute Gasteiger partial charge is 0.423 e. The molecule has 1 heterocycles. The molecule has 1 aromatic carbocycles. The molecule has 0 saturated heterocycles. The lowest BCUT2D eigenvalue weighted by molar-refractivity contribution is 0.182. The van der Waals surface area contributed by atoms with Gasteiger partial charge in [0.05, 0.1) is 11.0 Å². The second-order valence-corrected chi connectivity index (χ2v) is 6.61. The maximum absolute atomic E-state index is 12.1. The van der Waals surface area contributed by atoms with Crippen molar-refractivity contribution in [1.29, 1.82) is 0 Å². The minimum Gasteiger partial charge on any atom is -0.423 e. The third-order valence-electron chi connectivity index (χ3n) is 2.99. The molecule has 114 valence electrons. The van der Waals surface area contributed by atoms with Crippen LogP contribution in [0.5, 0.6) is 0 Å². The fraction of sp³-hybridized carbons (Fsp3) is 0.357. The van der Waals surface area contributed by atoms with Crippen LogP contribution >= 0.6 is 0 Å². The summed E-state index contributed by atoms with van der Waals surface area (Å²) in [6.45, 7) is 1.92. The second-order valence-electron chi connectivity index (χ2n) is 4.84. The summed E-state index contributed by atoms with van der Waals surface area (Å²) in [6.07, 6.45) is 0.642. The van der Waals surface area contributed by atoms with E-state index in [1.807, 2.05) is 0 Å². The van der Waals surface area contributed by atoms with Crippen LogP contribution in [-0.4, -0.2) is 26.2 Å². The van der Waals surface area contributed by atoms with Gasteiger partial charge in [0.25, 0.3) is 0 Å². The summed E-state index contributed by atoms with van der Waals surface area (Å²) in [5.74, 6) is 0. The molecular formula is C14H17NO5S. The zero-order chi connectivity index (χ0) is 15.5. The normalized spacial score (nSPS) is 13.4. The summed E-state index contributed by atoms with van der Waals surface area (Å²) in [7, 11) is -3.61. The first-order chi connectivity index (χ1) is 9.88. The molecule has 2 aromatic rings. The standard InChI is InChI=1S/C14H17NO5S/c1-10(16)3-2-8-15-21(18,19)12-5-6-13-11(9-12)4-7-14(17)20-13/h4-7,9-10,15-16H,2-3,8H2,1H3. The van der Waals surface area contributed by atoms with E-state index in [2.05, 4.69) is 4.72 Å². The minimum absolute atomic E-state index is 0.112. The van der Waals surface area contributed by atoms with Crippen molar-refractivity contribution in [3.05, 3.63) is 40.8 Å². The average molecular weight is 311 g/mol. The van der Waals surface area contributed by atoms with Crippen LogP contribution in [0.1, 0.15) is 19.8 Å². The van der Waals surface area contributed by atoms with Gasteiger partial charge in [-0.15, -0.1) is 0 Å². The van der Waals surface area contributed by atoms with Crippen molar-refractivity contribution in [2.75, 3.05) is 6.54 Å². The molecule has 21 heavy (non-hydrogen) atoms. The summed E-state index contributed by atoms with van der Waals surface area (Å²) in [4.78, 5) is 11.2. The van der Waals surface area contributed by atoms with Crippen LogP contribution < -0.4 is 10.3 Å². The summed E-state index contributed by atoms with van der Waals surface area (Å²) in [6, 6.07) is 7.07. The topological polar surface area (TPSA) is 96.6 Å². The Morgan fingerprint density at radius 1 is 1.29 bits per heavy atom. The van der Waals surface area contributed by atoms with Crippen LogP contribution in [0.2, 0.25) is 0 Å². The molecule has 0 amide bonds. The highest BCUT2D eigenvalue weighted by molar-refractivity contribution is 7.89. The van der Waals surface area contributed by atoms with Crippen molar-refractivity contribution in [1.82, 2.24) is 4.72 Å². The number of benzene rings is 1. The third kappa shape index (κ3) is 4.13. The number of sulfonamides is 1. The van der Waals surface area contributed by atoms with E-state index >= 15 is 0 Å². The Morgan fingerprint density at radius 2 is 2.05 bits per heavy atom. The van der Waals surface area contributed by atoms with Gasteiger partial charge in [-0.25, -0.2) is 17.9 Å². The van der Waals surface area contributed by atoms with E-state index in [9.17, 15) is 13.2 Å². The molecule has 0 aliphatic heterocycles. The monoisotopic (exact) mass is 311 g/mol. The molecule has 1 unspecified atom stereocenters. The lowest BCUT2D eigenvalue weighted by Gasteiger charge is -2.08. The van der Waals surface area contributed by atoms with Gasteiger partial charge < -0.3 is 9.52 Å². The number of hydrogen-bond acceptors (Lipinski definition) is 5. The number of aliphatic hydroxyl groups is 1. The molecule has 0 spiro atoms. The molecule has 7 heteroatoms. The van der Waals surface area contributed by atoms with Gasteiger partial charge >= 0.3 is 5.63 Å². The molecule has 0 aliphatic rings. The zero-order valence-corrected chi connectivity index (χ0v) is 12.4. The fourth-order valence-electron chi connectivity index (χ4n) is 1.90. The molecule has 0 fully saturated rings.